The topological polar surface area (TPSA) is 125 Å². The summed E-state index contributed by atoms with van der Waals surface area (Å²) < 4.78 is 17.0. The maximum Gasteiger partial charge on any atom is 0.270 e. The first-order chi connectivity index (χ1) is 14.5. The summed E-state index contributed by atoms with van der Waals surface area (Å²) >= 11 is 1.28. The van der Waals surface area contributed by atoms with Crippen LogP contribution >= 0.6 is 11.3 Å². The number of hydrogen-bond acceptors (Lipinski definition) is 9. The van der Waals surface area contributed by atoms with Crippen molar-refractivity contribution in [3.63, 3.8) is 0 Å². The summed E-state index contributed by atoms with van der Waals surface area (Å²) in [5.74, 6) is 0.744. The summed E-state index contributed by atoms with van der Waals surface area (Å²) in [6.07, 6.45) is 0. The van der Waals surface area contributed by atoms with E-state index >= 15 is 0 Å². The van der Waals surface area contributed by atoms with Crippen molar-refractivity contribution >= 4 is 44.0 Å². The highest BCUT2D eigenvalue weighted by atomic mass is 32.1. The molecule has 2 N–H and O–H groups in total. The van der Waals surface area contributed by atoms with E-state index in [2.05, 4.69) is 15.6 Å². The Bertz CT molecular complexity index is 1070. The minimum absolute atomic E-state index is 0.144. The van der Waals surface area contributed by atoms with E-state index in [1.165, 1.54) is 29.5 Å². The van der Waals surface area contributed by atoms with Crippen molar-refractivity contribution in [2.24, 2.45) is 0 Å². The molecule has 10 nitrogen and oxygen atoms in total. The van der Waals surface area contributed by atoms with Crippen LogP contribution in [0.1, 0.15) is 10.4 Å². The van der Waals surface area contributed by atoms with Crippen LogP contribution in [0.3, 0.4) is 0 Å². The van der Waals surface area contributed by atoms with Gasteiger partial charge in [0, 0.05) is 43.6 Å². The van der Waals surface area contributed by atoms with Gasteiger partial charge in [-0.2, -0.15) is 0 Å². The van der Waals surface area contributed by atoms with Crippen LogP contribution in [0.2, 0.25) is 0 Å². The molecule has 2 aromatic carbocycles. The van der Waals surface area contributed by atoms with E-state index < -0.39 is 10.8 Å². The highest BCUT2D eigenvalue weighted by Crippen LogP contribution is 2.38. The summed E-state index contributed by atoms with van der Waals surface area (Å²) in [6, 6.07) is 7.67. The highest BCUT2D eigenvalue weighted by Gasteiger charge is 2.20. The van der Waals surface area contributed by atoms with Gasteiger partial charge in [0.2, 0.25) is 0 Å². The zero-order chi connectivity index (χ0) is 21.1. The third kappa shape index (κ3) is 4.11. The number of fused-ring (bicyclic) bond motifs is 2. The van der Waals surface area contributed by atoms with Gasteiger partial charge >= 0.3 is 0 Å². The quantitative estimate of drug-likeness (QED) is 0.332. The van der Waals surface area contributed by atoms with E-state index in [-0.39, 0.29) is 11.3 Å². The SMILES string of the molecule is COCCNc1ccc([N+](=O)[O-])cc1C(=O)Nc1nc2cc3c(cc2s1)OCCO3. The lowest BCUT2D eigenvalue weighted by molar-refractivity contribution is -0.384. The van der Waals surface area contributed by atoms with Crippen LogP contribution in [0, 0.1) is 10.1 Å². The number of anilines is 2. The largest absolute Gasteiger partial charge is 0.486 e. The molecule has 156 valence electrons. The molecule has 2 heterocycles. The molecule has 1 amide bonds. The second kappa shape index (κ2) is 8.51. The van der Waals surface area contributed by atoms with Crippen molar-refractivity contribution in [3.8, 4) is 11.5 Å². The molecule has 1 aliphatic rings. The molecule has 4 rings (SSSR count). The van der Waals surface area contributed by atoms with E-state index in [9.17, 15) is 14.9 Å². The highest BCUT2D eigenvalue weighted by molar-refractivity contribution is 7.22. The van der Waals surface area contributed by atoms with Gasteiger partial charge in [0.25, 0.3) is 11.6 Å². The van der Waals surface area contributed by atoms with E-state index in [0.717, 1.165) is 4.70 Å². The number of ether oxygens (including phenoxy) is 3. The van der Waals surface area contributed by atoms with Gasteiger partial charge in [-0.3, -0.25) is 20.2 Å². The Labute approximate surface area is 174 Å². The monoisotopic (exact) mass is 430 g/mol. The molecular formula is C19H18N4O6S. The normalized spacial score (nSPS) is 12.6. The fraction of sp³-hybridized carbons (Fsp3) is 0.263. The van der Waals surface area contributed by atoms with Crippen LogP contribution in [0.5, 0.6) is 11.5 Å². The fourth-order valence-corrected chi connectivity index (χ4v) is 3.83. The van der Waals surface area contributed by atoms with Gasteiger partial charge in [-0.15, -0.1) is 0 Å². The maximum absolute atomic E-state index is 12.9. The molecule has 0 aliphatic carbocycles. The number of thiazole rings is 1. The second-order valence-electron chi connectivity index (χ2n) is 6.34. The minimum Gasteiger partial charge on any atom is -0.486 e. The Kier molecular flexibility index (Phi) is 5.63. The predicted octanol–water partition coefficient (Wildman–Crippen LogP) is 3.29. The molecule has 30 heavy (non-hydrogen) atoms. The smallest absolute Gasteiger partial charge is 0.270 e. The molecule has 1 aromatic heterocycles. The zero-order valence-corrected chi connectivity index (χ0v) is 16.8. The lowest BCUT2D eigenvalue weighted by Crippen LogP contribution is -2.16. The van der Waals surface area contributed by atoms with Crippen LogP contribution in [-0.2, 0) is 4.74 Å². The Balaban J connectivity index is 1.60. The summed E-state index contributed by atoms with van der Waals surface area (Å²) in [7, 11) is 1.56. The summed E-state index contributed by atoms with van der Waals surface area (Å²) in [4.78, 5) is 27.9. The summed E-state index contributed by atoms with van der Waals surface area (Å²) in [6.45, 7) is 1.82. The minimum atomic E-state index is -0.544. The fourth-order valence-electron chi connectivity index (χ4n) is 2.96. The Morgan fingerprint density at radius 2 is 2.03 bits per heavy atom. The van der Waals surface area contributed by atoms with Gasteiger partial charge in [-0.25, -0.2) is 4.98 Å². The predicted molar refractivity (Wildman–Crippen MR) is 112 cm³/mol. The van der Waals surface area contributed by atoms with Gasteiger partial charge < -0.3 is 19.5 Å². The Morgan fingerprint density at radius 1 is 1.27 bits per heavy atom. The van der Waals surface area contributed by atoms with Crippen molar-refractivity contribution < 1.29 is 23.9 Å². The Hall–Kier alpha value is -3.44. The van der Waals surface area contributed by atoms with E-state index in [0.29, 0.717) is 54.2 Å². The van der Waals surface area contributed by atoms with Gasteiger partial charge in [-0.05, 0) is 6.07 Å². The number of hydrogen-bond donors (Lipinski definition) is 2. The van der Waals surface area contributed by atoms with Crippen molar-refractivity contribution in [1.82, 2.24) is 4.98 Å². The number of benzene rings is 2. The number of nitrogens with one attached hydrogen (secondary N) is 2. The molecule has 0 spiro atoms. The van der Waals surface area contributed by atoms with Crippen LogP contribution in [0.4, 0.5) is 16.5 Å². The first-order valence-electron chi connectivity index (χ1n) is 9.08. The molecule has 0 fully saturated rings. The van der Waals surface area contributed by atoms with Crippen LogP contribution in [0.15, 0.2) is 30.3 Å². The van der Waals surface area contributed by atoms with Gasteiger partial charge in [0.15, 0.2) is 16.6 Å². The number of aromatic nitrogens is 1. The van der Waals surface area contributed by atoms with Crippen LogP contribution in [-0.4, -0.2) is 49.3 Å². The molecule has 0 unspecified atom stereocenters. The van der Waals surface area contributed by atoms with E-state index in [1.807, 2.05) is 6.07 Å². The van der Waals surface area contributed by atoms with Crippen molar-refractivity contribution in [3.05, 3.63) is 46.0 Å². The Morgan fingerprint density at radius 3 is 2.77 bits per heavy atom. The van der Waals surface area contributed by atoms with Crippen LogP contribution < -0.4 is 20.1 Å². The average Bonchev–Trinajstić information content (AvgIpc) is 3.13. The van der Waals surface area contributed by atoms with Crippen LogP contribution in [0.25, 0.3) is 10.2 Å². The third-order valence-electron chi connectivity index (χ3n) is 4.35. The molecule has 0 saturated carbocycles. The number of rotatable bonds is 7. The van der Waals surface area contributed by atoms with Gasteiger partial charge in [-0.1, -0.05) is 11.3 Å². The molecule has 0 saturated heterocycles. The van der Waals surface area contributed by atoms with Crippen molar-refractivity contribution in [2.45, 2.75) is 0 Å². The average molecular weight is 430 g/mol. The van der Waals surface area contributed by atoms with E-state index in [1.54, 1.807) is 13.2 Å². The number of nitro benzene ring substituents is 1. The first-order valence-corrected chi connectivity index (χ1v) is 9.89. The standard InChI is InChI=1S/C19H18N4O6S/c1-27-5-4-20-13-3-2-11(23(25)26)8-12(13)18(24)22-19-21-14-9-15-16(10-17(14)30-19)29-7-6-28-15/h2-3,8-10,20H,4-7H2,1H3,(H,21,22,24). The number of nitro groups is 1. The lowest BCUT2D eigenvalue weighted by atomic mass is 10.1. The maximum atomic E-state index is 12.9. The van der Waals surface area contributed by atoms with Crippen molar-refractivity contribution in [2.75, 3.05) is 44.1 Å². The molecule has 11 heteroatoms. The number of non-ortho nitro benzene ring substituents is 1. The number of carbonyl (C=O) groups excluding carboxylic acids is 1. The molecular weight excluding hydrogens is 412 g/mol. The van der Waals surface area contributed by atoms with Gasteiger partial charge in [0.1, 0.15) is 13.2 Å². The summed E-state index contributed by atoms with van der Waals surface area (Å²) in [5.41, 5.74) is 1.10. The number of methoxy groups -OCH3 is 1. The molecule has 0 radical (unpaired) electrons. The molecule has 0 bridgehead atoms. The third-order valence-corrected chi connectivity index (χ3v) is 5.29. The molecule has 0 atom stereocenters. The number of carbonyl (C=O) groups is 1. The summed E-state index contributed by atoms with van der Waals surface area (Å²) in [5, 5.41) is 17.3. The van der Waals surface area contributed by atoms with Gasteiger partial charge in [0.05, 0.1) is 27.3 Å². The second-order valence-corrected chi connectivity index (χ2v) is 7.37. The lowest BCUT2D eigenvalue weighted by Gasteiger charge is -2.17. The molecule has 1 aliphatic heterocycles. The van der Waals surface area contributed by atoms with E-state index in [4.69, 9.17) is 14.2 Å². The first kappa shape index (κ1) is 19.9. The van der Waals surface area contributed by atoms with Crippen molar-refractivity contribution in [1.29, 1.82) is 0 Å². The number of nitrogens with zero attached hydrogens (tertiary/aromatic N) is 2. The zero-order valence-electron chi connectivity index (χ0n) is 16.0. The number of amides is 1. The molecule has 3 aromatic rings.